The highest BCUT2D eigenvalue weighted by Crippen LogP contribution is 2.31. The summed E-state index contributed by atoms with van der Waals surface area (Å²) in [5.41, 5.74) is 2.27. The maximum atomic E-state index is 12.6. The van der Waals surface area contributed by atoms with Gasteiger partial charge in [-0.3, -0.25) is 14.5 Å². The predicted molar refractivity (Wildman–Crippen MR) is 79.6 cm³/mol. The largest absolute Gasteiger partial charge is 0.507 e. The smallest absolute Gasteiger partial charge is 0.262 e. The minimum atomic E-state index is -0.394. The Morgan fingerprint density at radius 2 is 2.00 bits per heavy atom. The molecule has 1 aliphatic rings. The van der Waals surface area contributed by atoms with E-state index < -0.39 is 5.91 Å². The summed E-state index contributed by atoms with van der Waals surface area (Å²) in [7, 11) is 0. The molecule has 0 bridgehead atoms. The Labute approximate surface area is 121 Å². The van der Waals surface area contributed by atoms with Crippen LogP contribution in [0.3, 0.4) is 0 Å². The summed E-state index contributed by atoms with van der Waals surface area (Å²) in [6.45, 7) is 1.76. The summed E-state index contributed by atoms with van der Waals surface area (Å²) in [6.07, 6.45) is 0. The Morgan fingerprint density at radius 1 is 1.24 bits per heavy atom. The summed E-state index contributed by atoms with van der Waals surface area (Å²) in [4.78, 5) is 25.7. The van der Waals surface area contributed by atoms with Crippen molar-refractivity contribution in [2.75, 3.05) is 16.8 Å². The second-order valence-corrected chi connectivity index (χ2v) is 4.98. The maximum absolute atomic E-state index is 12.6. The van der Waals surface area contributed by atoms with Crippen LogP contribution in [0.15, 0.2) is 42.5 Å². The van der Waals surface area contributed by atoms with E-state index in [9.17, 15) is 14.7 Å². The number of phenols is 1. The number of nitrogens with zero attached hydrogens (tertiary/aromatic N) is 1. The summed E-state index contributed by atoms with van der Waals surface area (Å²) < 4.78 is 0. The van der Waals surface area contributed by atoms with Crippen LogP contribution in [0.5, 0.6) is 5.75 Å². The first kappa shape index (κ1) is 13.2. The molecule has 106 valence electrons. The Kier molecular flexibility index (Phi) is 3.10. The number of anilines is 2. The van der Waals surface area contributed by atoms with Crippen LogP contribution in [0.2, 0.25) is 0 Å². The number of benzene rings is 2. The molecule has 0 fully saturated rings. The number of amides is 2. The van der Waals surface area contributed by atoms with E-state index in [4.69, 9.17) is 0 Å². The van der Waals surface area contributed by atoms with Crippen molar-refractivity contribution in [2.45, 2.75) is 6.92 Å². The molecule has 1 heterocycles. The van der Waals surface area contributed by atoms with E-state index in [-0.39, 0.29) is 23.8 Å². The molecule has 0 aromatic heterocycles. The second-order valence-electron chi connectivity index (χ2n) is 4.98. The van der Waals surface area contributed by atoms with Gasteiger partial charge >= 0.3 is 0 Å². The lowest BCUT2D eigenvalue weighted by atomic mass is 10.1. The zero-order valence-electron chi connectivity index (χ0n) is 11.5. The molecule has 0 unspecified atom stereocenters. The first-order valence-electron chi connectivity index (χ1n) is 6.56. The SMILES string of the molecule is Cc1ccc(C(=O)N2CC(=O)Nc3ccccc32)c(O)c1. The number of carbonyl (C=O) groups excluding carboxylic acids is 2. The Hall–Kier alpha value is -2.82. The molecule has 0 saturated heterocycles. The summed E-state index contributed by atoms with van der Waals surface area (Å²) in [6, 6.07) is 11.9. The van der Waals surface area contributed by atoms with Crippen molar-refractivity contribution in [1.29, 1.82) is 0 Å². The van der Waals surface area contributed by atoms with Crippen molar-refractivity contribution in [3.63, 3.8) is 0 Å². The van der Waals surface area contributed by atoms with E-state index in [0.717, 1.165) is 5.56 Å². The third-order valence-electron chi connectivity index (χ3n) is 3.40. The molecular weight excluding hydrogens is 268 g/mol. The molecule has 2 aromatic rings. The topological polar surface area (TPSA) is 69.6 Å². The number of para-hydroxylation sites is 2. The van der Waals surface area contributed by atoms with Crippen molar-refractivity contribution >= 4 is 23.2 Å². The molecule has 5 nitrogen and oxygen atoms in total. The zero-order chi connectivity index (χ0) is 15.0. The van der Waals surface area contributed by atoms with Crippen molar-refractivity contribution in [2.24, 2.45) is 0 Å². The fraction of sp³-hybridized carbons (Fsp3) is 0.125. The van der Waals surface area contributed by atoms with Gasteiger partial charge in [-0.05, 0) is 36.8 Å². The molecule has 0 saturated carbocycles. The number of carbonyl (C=O) groups is 2. The van der Waals surface area contributed by atoms with Gasteiger partial charge in [0.1, 0.15) is 12.3 Å². The fourth-order valence-electron chi connectivity index (χ4n) is 2.38. The number of fused-ring (bicyclic) bond motifs is 1. The van der Waals surface area contributed by atoms with Crippen LogP contribution in [-0.4, -0.2) is 23.5 Å². The number of nitrogens with one attached hydrogen (secondary N) is 1. The number of hydrogen-bond acceptors (Lipinski definition) is 3. The minimum absolute atomic E-state index is 0.0663. The minimum Gasteiger partial charge on any atom is -0.507 e. The zero-order valence-corrected chi connectivity index (χ0v) is 11.5. The van der Waals surface area contributed by atoms with Crippen LogP contribution in [0.4, 0.5) is 11.4 Å². The number of phenolic OH excluding ortho intramolecular Hbond substituents is 1. The van der Waals surface area contributed by atoms with Gasteiger partial charge < -0.3 is 10.4 Å². The number of rotatable bonds is 1. The van der Waals surface area contributed by atoms with Gasteiger partial charge in [-0.25, -0.2) is 0 Å². The van der Waals surface area contributed by atoms with E-state index in [1.807, 2.05) is 6.92 Å². The number of aryl methyl sites for hydroxylation is 1. The first-order chi connectivity index (χ1) is 10.1. The average molecular weight is 282 g/mol. The molecule has 2 N–H and O–H groups in total. The first-order valence-corrected chi connectivity index (χ1v) is 6.56. The monoisotopic (exact) mass is 282 g/mol. The molecule has 1 aliphatic heterocycles. The summed E-state index contributed by atoms with van der Waals surface area (Å²) >= 11 is 0. The Morgan fingerprint density at radius 3 is 2.76 bits per heavy atom. The molecule has 0 atom stereocenters. The molecule has 0 aliphatic carbocycles. The maximum Gasteiger partial charge on any atom is 0.262 e. The predicted octanol–water partition coefficient (Wildman–Crippen LogP) is 2.30. The lowest BCUT2D eigenvalue weighted by molar-refractivity contribution is -0.115. The molecule has 0 spiro atoms. The molecular formula is C16H14N2O3. The third-order valence-corrected chi connectivity index (χ3v) is 3.40. The van der Waals surface area contributed by atoms with Gasteiger partial charge in [0.15, 0.2) is 0 Å². The van der Waals surface area contributed by atoms with Crippen LogP contribution < -0.4 is 10.2 Å². The lowest BCUT2D eigenvalue weighted by Gasteiger charge is -2.29. The highest BCUT2D eigenvalue weighted by molar-refractivity contribution is 6.15. The van der Waals surface area contributed by atoms with Gasteiger partial charge in [-0.1, -0.05) is 18.2 Å². The third kappa shape index (κ3) is 2.33. The lowest BCUT2D eigenvalue weighted by Crippen LogP contribution is -2.42. The van der Waals surface area contributed by atoms with Gasteiger partial charge in [0.05, 0.1) is 16.9 Å². The van der Waals surface area contributed by atoms with Gasteiger partial charge in [-0.2, -0.15) is 0 Å². The molecule has 3 rings (SSSR count). The van der Waals surface area contributed by atoms with Crippen molar-refractivity contribution in [3.05, 3.63) is 53.6 Å². The van der Waals surface area contributed by atoms with E-state index in [1.165, 1.54) is 11.0 Å². The van der Waals surface area contributed by atoms with Gasteiger partial charge in [-0.15, -0.1) is 0 Å². The van der Waals surface area contributed by atoms with Crippen LogP contribution in [0.1, 0.15) is 15.9 Å². The molecule has 2 amide bonds. The van der Waals surface area contributed by atoms with E-state index in [0.29, 0.717) is 11.4 Å². The highest BCUT2D eigenvalue weighted by atomic mass is 16.3. The van der Waals surface area contributed by atoms with E-state index >= 15 is 0 Å². The van der Waals surface area contributed by atoms with Gasteiger partial charge in [0.25, 0.3) is 5.91 Å². The molecule has 2 aromatic carbocycles. The second kappa shape index (κ2) is 4.94. The fourth-order valence-corrected chi connectivity index (χ4v) is 2.38. The molecule has 0 radical (unpaired) electrons. The Bertz CT molecular complexity index is 740. The van der Waals surface area contributed by atoms with Crippen LogP contribution >= 0.6 is 0 Å². The quantitative estimate of drug-likeness (QED) is 0.843. The van der Waals surface area contributed by atoms with Gasteiger partial charge in [0, 0.05) is 0 Å². The molecule has 5 heteroatoms. The summed E-state index contributed by atoms with van der Waals surface area (Å²) in [5, 5.41) is 12.7. The molecule has 21 heavy (non-hydrogen) atoms. The average Bonchev–Trinajstić information content (AvgIpc) is 2.45. The van der Waals surface area contributed by atoms with Crippen LogP contribution in [-0.2, 0) is 4.79 Å². The van der Waals surface area contributed by atoms with E-state index in [2.05, 4.69) is 5.32 Å². The summed E-state index contributed by atoms with van der Waals surface area (Å²) in [5.74, 6) is -0.730. The Balaban J connectivity index is 2.04. The van der Waals surface area contributed by atoms with Crippen molar-refractivity contribution in [3.8, 4) is 5.75 Å². The van der Waals surface area contributed by atoms with E-state index in [1.54, 1.807) is 36.4 Å². The standard InChI is InChI=1S/C16H14N2O3/c1-10-6-7-11(14(19)8-10)16(21)18-9-15(20)17-12-4-2-3-5-13(12)18/h2-8,19H,9H2,1H3,(H,17,20). The number of aromatic hydroxyl groups is 1. The number of hydrogen-bond donors (Lipinski definition) is 2. The highest BCUT2D eigenvalue weighted by Gasteiger charge is 2.28. The van der Waals surface area contributed by atoms with Crippen LogP contribution in [0.25, 0.3) is 0 Å². The normalized spacial score (nSPS) is 13.6. The van der Waals surface area contributed by atoms with Gasteiger partial charge in [0.2, 0.25) is 5.91 Å². The van der Waals surface area contributed by atoms with Crippen molar-refractivity contribution < 1.29 is 14.7 Å². The van der Waals surface area contributed by atoms with Crippen molar-refractivity contribution in [1.82, 2.24) is 0 Å². The van der Waals surface area contributed by atoms with Crippen LogP contribution in [0, 0.1) is 6.92 Å².